The molecule has 1 aromatic heterocycles. The fourth-order valence-corrected chi connectivity index (χ4v) is 3.94. The van der Waals surface area contributed by atoms with Crippen LogP contribution in [0.3, 0.4) is 0 Å². The number of hydrogen-bond acceptors (Lipinski definition) is 3. The number of aryl methyl sites for hydroxylation is 2. The number of fused-ring (bicyclic) bond motifs is 1. The molecule has 1 aliphatic heterocycles. The number of piperazine rings is 1. The van der Waals surface area contributed by atoms with Crippen molar-refractivity contribution in [3.05, 3.63) is 70.1 Å². The molecule has 0 aliphatic carbocycles. The topological polar surface area (TPSA) is 45.6 Å². The molecule has 0 radical (unpaired) electrons. The smallest absolute Gasteiger partial charge is 0.254 e. The van der Waals surface area contributed by atoms with Crippen molar-refractivity contribution < 1.29 is 4.79 Å². The molecule has 5 heteroatoms. The van der Waals surface area contributed by atoms with Gasteiger partial charge in [-0.25, -0.2) is 0 Å². The van der Waals surface area contributed by atoms with Gasteiger partial charge in [-0.2, -0.15) is 0 Å². The highest BCUT2D eigenvalue weighted by Crippen LogP contribution is 2.31. The average molecular weight is 375 g/mol. The number of amides is 1. The van der Waals surface area contributed by atoms with Crippen molar-refractivity contribution in [1.82, 2.24) is 14.4 Å². The van der Waals surface area contributed by atoms with Crippen molar-refractivity contribution in [2.45, 2.75) is 6.92 Å². The maximum Gasteiger partial charge on any atom is 0.254 e. The van der Waals surface area contributed by atoms with Gasteiger partial charge in [0.05, 0.1) is 0 Å². The van der Waals surface area contributed by atoms with E-state index in [0.29, 0.717) is 5.56 Å². The van der Waals surface area contributed by atoms with Gasteiger partial charge in [-0.1, -0.05) is 30.3 Å². The highest BCUT2D eigenvalue weighted by atomic mass is 16.2. The van der Waals surface area contributed by atoms with E-state index >= 15 is 0 Å². The van der Waals surface area contributed by atoms with E-state index in [2.05, 4.69) is 11.9 Å². The van der Waals surface area contributed by atoms with Crippen molar-refractivity contribution in [3.8, 4) is 11.1 Å². The predicted molar refractivity (Wildman–Crippen MR) is 113 cm³/mol. The molecule has 2 aromatic carbocycles. The molecule has 3 aromatic rings. The summed E-state index contributed by atoms with van der Waals surface area (Å²) in [5, 5.41) is 1.98. The molecule has 0 bridgehead atoms. The minimum atomic E-state index is 0.00919. The average Bonchev–Trinajstić information content (AvgIpc) is 2.71. The van der Waals surface area contributed by atoms with E-state index < -0.39 is 0 Å². The van der Waals surface area contributed by atoms with Gasteiger partial charge in [0.1, 0.15) is 0 Å². The van der Waals surface area contributed by atoms with E-state index in [9.17, 15) is 9.59 Å². The van der Waals surface area contributed by atoms with Crippen LogP contribution in [0.5, 0.6) is 0 Å². The molecule has 1 fully saturated rings. The van der Waals surface area contributed by atoms with Crippen LogP contribution in [-0.4, -0.2) is 53.5 Å². The molecule has 144 valence electrons. The highest BCUT2D eigenvalue weighted by Gasteiger charge is 2.22. The van der Waals surface area contributed by atoms with Gasteiger partial charge in [0.15, 0.2) is 0 Å². The van der Waals surface area contributed by atoms with E-state index in [4.69, 9.17) is 0 Å². The highest BCUT2D eigenvalue weighted by molar-refractivity contribution is 6.11. The molecule has 0 atom stereocenters. The summed E-state index contributed by atoms with van der Waals surface area (Å²) in [6, 6.07) is 13.9. The molecular weight excluding hydrogens is 350 g/mol. The van der Waals surface area contributed by atoms with E-state index in [1.54, 1.807) is 11.6 Å². The Labute approximate surface area is 164 Å². The van der Waals surface area contributed by atoms with Gasteiger partial charge >= 0.3 is 0 Å². The third-order valence-corrected chi connectivity index (χ3v) is 5.62. The van der Waals surface area contributed by atoms with E-state index in [1.807, 2.05) is 60.5 Å². The number of aromatic nitrogens is 1. The van der Waals surface area contributed by atoms with Crippen molar-refractivity contribution in [2.75, 3.05) is 33.2 Å². The fraction of sp³-hybridized carbons (Fsp3) is 0.304. The van der Waals surface area contributed by atoms with E-state index in [-0.39, 0.29) is 11.5 Å². The number of likely N-dealkylation sites (N-methyl/N-ethyl adjacent to an activating group) is 1. The number of hydrogen-bond donors (Lipinski definition) is 0. The molecule has 1 saturated heterocycles. The Hall–Kier alpha value is -2.92. The van der Waals surface area contributed by atoms with Crippen LogP contribution < -0.4 is 5.56 Å². The SMILES string of the molecule is Cc1cc(-c2ccc(C(=O)N3CCN(C)CC3)c3ccccc23)cn(C)c1=O. The summed E-state index contributed by atoms with van der Waals surface area (Å²) in [6.07, 6.45) is 1.86. The van der Waals surface area contributed by atoms with Crippen molar-refractivity contribution in [2.24, 2.45) is 7.05 Å². The first-order chi connectivity index (χ1) is 13.5. The Kier molecular flexibility index (Phi) is 4.77. The molecule has 5 nitrogen and oxygen atoms in total. The Morgan fingerprint density at radius 1 is 0.929 bits per heavy atom. The minimum absolute atomic E-state index is 0.00919. The van der Waals surface area contributed by atoms with E-state index in [1.165, 1.54) is 0 Å². The molecule has 0 saturated carbocycles. The first kappa shape index (κ1) is 18.4. The monoisotopic (exact) mass is 375 g/mol. The lowest BCUT2D eigenvalue weighted by Gasteiger charge is -2.32. The first-order valence-corrected chi connectivity index (χ1v) is 9.63. The summed E-state index contributed by atoms with van der Waals surface area (Å²) >= 11 is 0. The second kappa shape index (κ2) is 7.24. The van der Waals surface area contributed by atoms with Crippen LogP contribution in [-0.2, 0) is 7.05 Å². The van der Waals surface area contributed by atoms with Gasteiger partial charge in [0.25, 0.3) is 11.5 Å². The summed E-state index contributed by atoms with van der Waals surface area (Å²) in [7, 11) is 3.85. The Morgan fingerprint density at radius 2 is 1.61 bits per heavy atom. The van der Waals surface area contributed by atoms with Crippen LogP contribution in [0.25, 0.3) is 21.9 Å². The minimum Gasteiger partial charge on any atom is -0.336 e. The van der Waals surface area contributed by atoms with Crippen molar-refractivity contribution in [1.29, 1.82) is 0 Å². The normalized spacial score (nSPS) is 15.2. The number of nitrogens with zero attached hydrogens (tertiary/aromatic N) is 3. The predicted octanol–water partition coefficient (Wildman–Crippen LogP) is 2.90. The number of rotatable bonds is 2. The number of benzene rings is 2. The van der Waals surface area contributed by atoms with Gasteiger partial charge < -0.3 is 14.4 Å². The molecule has 1 amide bonds. The lowest BCUT2D eigenvalue weighted by atomic mass is 9.94. The summed E-state index contributed by atoms with van der Waals surface area (Å²) < 4.78 is 1.61. The lowest BCUT2D eigenvalue weighted by Crippen LogP contribution is -2.47. The van der Waals surface area contributed by atoms with Gasteiger partial charge in [-0.15, -0.1) is 0 Å². The molecular formula is C23H25N3O2. The third kappa shape index (κ3) is 3.22. The summed E-state index contributed by atoms with van der Waals surface area (Å²) in [6.45, 7) is 5.15. The van der Waals surface area contributed by atoms with Crippen LogP contribution in [0.1, 0.15) is 15.9 Å². The molecule has 2 heterocycles. The first-order valence-electron chi connectivity index (χ1n) is 9.63. The molecule has 0 unspecified atom stereocenters. The molecule has 0 spiro atoms. The standard InChI is InChI=1S/C23H25N3O2/c1-16-14-17(15-25(3)22(16)27)18-8-9-21(20-7-5-4-6-19(18)20)23(28)26-12-10-24(2)11-13-26/h4-9,14-15H,10-13H2,1-3H3. The maximum absolute atomic E-state index is 13.2. The maximum atomic E-state index is 13.2. The van der Waals surface area contributed by atoms with Crippen LogP contribution in [0.4, 0.5) is 0 Å². The quantitative estimate of drug-likeness (QED) is 0.692. The van der Waals surface area contributed by atoms with Crippen LogP contribution in [0.2, 0.25) is 0 Å². The number of carbonyl (C=O) groups is 1. The van der Waals surface area contributed by atoms with Crippen molar-refractivity contribution >= 4 is 16.7 Å². The van der Waals surface area contributed by atoms with Crippen LogP contribution >= 0.6 is 0 Å². The van der Waals surface area contributed by atoms with Gasteiger partial charge in [-0.3, -0.25) is 9.59 Å². The molecule has 4 rings (SSSR count). The number of carbonyl (C=O) groups excluding carboxylic acids is 1. The van der Waals surface area contributed by atoms with Crippen LogP contribution in [0, 0.1) is 6.92 Å². The van der Waals surface area contributed by atoms with Gasteiger partial charge in [0.2, 0.25) is 0 Å². The zero-order valence-electron chi connectivity index (χ0n) is 16.6. The second-order valence-electron chi connectivity index (χ2n) is 7.63. The fourth-order valence-electron chi connectivity index (χ4n) is 3.94. The molecule has 1 aliphatic rings. The van der Waals surface area contributed by atoms with Gasteiger partial charge in [-0.05, 0) is 48.0 Å². The largest absolute Gasteiger partial charge is 0.336 e. The molecule has 0 N–H and O–H groups in total. The summed E-state index contributed by atoms with van der Waals surface area (Å²) in [5.41, 5.74) is 3.47. The Balaban J connectivity index is 1.82. The second-order valence-corrected chi connectivity index (χ2v) is 7.63. The lowest BCUT2D eigenvalue weighted by molar-refractivity contribution is 0.0666. The van der Waals surface area contributed by atoms with Gasteiger partial charge in [0, 0.05) is 50.6 Å². The Bertz CT molecular complexity index is 1080. The van der Waals surface area contributed by atoms with E-state index in [0.717, 1.165) is 53.6 Å². The zero-order valence-corrected chi connectivity index (χ0v) is 16.6. The molecule has 28 heavy (non-hydrogen) atoms. The van der Waals surface area contributed by atoms with Crippen molar-refractivity contribution in [3.63, 3.8) is 0 Å². The summed E-state index contributed by atoms with van der Waals surface area (Å²) in [5.74, 6) is 0.0903. The Morgan fingerprint density at radius 3 is 2.29 bits per heavy atom. The number of pyridine rings is 1. The van der Waals surface area contributed by atoms with Crippen LogP contribution in [0.15, 0.2) is 53.5 Å². The summed E-state index contributed by atoms with van der Waals surface area (Å²) in [4.78, 5) is 29.4. The third-order valence-electron chi connectivity index (χ3n) is 5.62. The zero-order chi connectivity index (χ0) is 19.8.